The van der Waals surface area contributed by atoms with Gasteiger partial charge in [-0.1, -0.05) is 0 Å². The average Bonchev–Trinajstić information content (AvgIpc) is 2.71. The smallest absolute Gasteiger partial charge is 0.277 e. The highest BCUT2D eigenvalue weighted by molar-refractivity contribution is 7.13. The molecule has 0 aliphatic rings. The fourth-order valence-electron chi connectivity index (χ4n) is 0.913. The minimum absolute atomic E-state index is 0.143. The average molecular weight is 222 g/mol. The molecule has 15 heavy (non-hydrogen) atoms. The van der Waals surface area contributed by atoms with Crippen molar-refractivity contribution < 1.29 is 4.79 Å². The van der Waals surface area contributed by atoms with Crippen LogP contribution in [0.25, 0.3) is 0 Å². The summed E-state index contributed by atoms with van der Waals surface area (Å²) < 4.78 is 0. The van der Waals surface area contributed by atoms with Gasteiger partial charge in [-0.05, 0) is 0 Å². The van der Waals surface area contributed by atoms with Crippen LogP contribution in [0.15, 0.2) is 28.8 Å². The number of aromatic nitrogens is 3. The molecule has 0 aliphatic heterocycles. The van der Waals surface area contributed by atoms with E-state index in [2.05, 4.69) is 20.3 Å². The van der Waals surface area contributed by atoms with Gasteiger partial charge in [-0.2, -0.15) is 0 Å². The zero-order chi connectivity index (χ0) is 10.7. The van der Waals surface area contributed by atoms with E-state index in [1.807, 2.05) is 0 Å². The summed E-state index contributed by atoms with van der Waals surface area (Å²) >= 11 is 1.31. The first-order chi connectivity index (χ1) is 7.25. The van der Waals surface area contributed by atoms with Gasteiger partial charge in [0.2, 0.25) is 0 Å². The van der Waals surface area contributed by atoms with Crippen molar-refractivity contribution in [2.24, 2.45) is 0 Å². The van der Waals surface area contributed by atoms with Crippen LogP contribution in [0.3, 0.4) is 0 Å². The maximum Gasteiger partial charge on any atom is 0.277 e. The molecule has 2 N–H and O–H groups in total. The van der Waals surface area contributed by atoms with Gasteiger partial charge >= 0.3 is 0 Å². The van der Waals surface area contributed by atoms with Crippen LogP contribution in [0.4, 0.5) is 5.13 Å². The van der Waals surface area contributed by atoms with Crippen LogP contribution in [0, 0.1) is 0 Å². The van der Waals surface area contributed by atoms with Gasteiger partial charge < -0.3 is 4.98 Å². The number of hydrogen-bond acceptors (Lipinski definition) is 5. The van der Waals surface area contributed by atoms with Gasteiger partial charge in [0, 0.05) is 17.8 Å². The summed E-state index contributed by atoms with van der Waals surface area (Å²) in [4.78, 5) is 32.1. The first kappa shape index (κ1) is 9.53. The summed E-state index contributed by atoms with van der Waals surface area (Å²) in [6.45, 7) is 0. The summed E-state index contributed by atoms with van der Waals surface area (Å²) in [7, 11) is 0. The van der Waals surface area contributed by atoms with Crippen molar-refractivity contribution in [2.45, 2.75) is 0 Å². The van der Waals surface area contributed by atoms with Gasteiger partial charge in [-0.15, -0.1) is 11.3 Å². The number of thiazole rings is 1. The van der Waals surface area contributed by atoms with E-state index >= 15 is 0 Å². The Labute approximate surface area is 88.0 Å². The zero-order valence-electron chi connectivity index (χ0n) is 7.43. The third-order valence-electron chi connectivity index (χ3n) is 1.56. The fraction of sp³-hybridized carbons (Fsp3) is 0. The number of H-pyrrole nitrogens is 1. The van der Waals surface area contributed by atoms with Crippen LogP contribution in [-0.2, 0) is 0 Å². The van der Waals surface area contributed by atoms with Crippen molar-refractivity contribution in [1.29, 1.82) is 0 Å². The Bertz CT molecular complexity index is 499. The number of nitrogens with zero attached hydrogens (tertiary/aromatic N) is 2. The lowest BCUT2D eigenvalue weighted by atomic mass is 10.4. The van der Waals surface area contributed by atoms with E-state index in [1.165, 1.54) is 17.5 Å². The van der Waals surface area contributed by atoms with Crippen LogP contribution >= 0.6 is 11.3 Å². The second-order valence-electron chi connectivity index (χ2n) is 2.59. The molecule has 76 valence electrons. The standard InChI is InChI=1S/C8H6N4O2S/c13-6-4-10-5(3-11-6)7(14)12-8-9-1-2-15-8/h1-4H,(H,11,13)(H,9,12,14). The second kappa shape index (κ2) is 4.01. The van der Waals surface area contributed by atoms with Crippen molar-refractivity contribution in [1.82, 2.24) is 15.0 Å². The highest BCUT2D eigenvalue weighted by atomic mass is 32.1. The summed E-state index contributed by atoms with van der Waals surface area (Å²) in [6, 6.07) is 0. The Morgan fingerprint density at radius 3 is 2.93 bits per heavy atom. The van der Waals surface area contributed by atoms with Gasteiger partial charge in [0.15, 0.2) is 5.13 Å². The summed E-state index contributed by atoms with van der Waals surface area (Å²) in [5, 5.41) is 4.78. The molecule has 0 fully saturated rings. The van der Waals surface area contributed by atoms with E-state index in [9.17, 15) is 9.59 Å². The maximum atomic E-state index is 11.5. The lowest BCUT2D eigenvalue weighted by molar-refractivity contribution is 0.102. The lowest BCUT2D eigenvalue weighted by Crippen LogP contribution is -2.16. The third-order valence-corrected chi connectivity index (χ3v) is 2.25. The Hall–Kier alpha value is -2.02. The number of nitrogens with one attached hydrogen (secondary N) is 2. The van der Waals surface area contributed by atoms with Gasteiger partial charge in [0.1, 0.15) is 5.69 Å². The zero-order valence-corrected chi connectivity index (χ0v) is 8.25. The van der Waals surface area contributed by atoms with Gasteiger partial charge in [-0.3, -0.25) is 14.9 Å². The molecule has 0 aromatic carbocycles. The molecule has 2 rings (SSSR count). The molecule has 0 saturated carbocycles. The number of anilines is 1. The Morgan fingerprint density at radius 1 is 1.47 bits per heavy atom. The molecule has 2 aromatic rings. The molecule has 0 unspecified atom stereocenters. The van der Waals surface area contributed by atoms with E-state index in [0.717, 1.165) is 6.20 Å². The van der Waals surface area contributed by atoms with Crippen LogP contribution in [0.5, 0.6) is 0 Å². The van der Waals surface area contributed by atoms with Crippen LogP contribution in [-0.4, -0.2) is 20.9 Å². The normalized spacial score (nSPS) is 9.87. The van der Waals surface area contributed by atoms with E-state index in [0.29, 0.717) is 5.13 Å². The molecule has 0 saturated heterocycles. The van der Waals surface area contributed by atoms with Gasteiger partial charge in [0.25, 0.3) is 11.5 Å². The van der Waals surface area contributed by atoms with Gasteiger partial charge in [-0.25, -0.2) is 9.97 Å². The topological polar surface area (TPSA) is 87.7 Å². The van der Waals surface area contributed by atoms with E-state index in [4.69, 9.17) is 0 Å². The van der Waals surface area contributed by atoms with Crippen LogP contribution in [0.1, 0.15) is 10.5 Å². The molecule has 6 nitrogen and oxygen atoms in total. The molecule has 2 heterocycles. The largest absolute Gasteiger partial charge is 0.325 e. The van der Waals surface area contributed by atoms with Crippen molar-refractivity contribution in [3.8, 4) is 0 Å². The highest BCUT2D eigenvalue weighted by Gasteiger charge is 2.08. The van der Waals surface area contributed by atoms with E-state index in [1.54, 1.807) is 11.6 Å². The molecule has 1 amide bonds. The molecule has 2 aromatic heterocycles. The lowest BCUT2D eigenvalue weighted by Gasteiger charge is -1.98. The van der Waals surface area contributed by atoms with Crippen LogP contribution in [0.2, 0.25) is 0 Å². The quantitative estimate of drug-likeness (QED) is 0.773. The molecule has 0 aliphatic carbocycles. The maximum absolute atomic E-state index is 11.5. The predicted octanol–water partition coefficient (Wildman–Crippen LogP) is 0.479. The number of aromatic amines is 1. The minimum Gasteiger partial charge on any atom is -0.325 e. The molecular formula is C8H6N4O2S. The molecule has 0 bridgehead atoms. The highest BCUT2D eigenvalue weighted by Crippen LogP contribution is 2.10. The second-order valence-corrected chi connectivity index (χ2v) is 3.48. The fourth-order valence-corrected chi connectivity index (χ4v) is 1.44. The number of amides is 1. The molecule has 0 spiro atoms. The Morgan fingerprint density at radius 2 is 2.33 bits per heavy atom. The summed E-state index contributed by atoms with van der Waals surface area (Å²) in [5.74, 6) is -0.402. The Balaban J connectivity index is 2.15. The third kappa shape index (κ3) is 2.26. The van der Waals surface area contributed by atoms with Crippen molar-refractivity contribution in [3.63, 3.8) is 0 Å². The Kier molecular flexibility index (Phi) is 2.55. The van der Waals surface area contributed by atoms with E-state index < -0.39 is 5.91 Å². The molecule has 7 heteroatoms. The molecular weight excluding hydrogens is 216 g/mol. The number of carbonyl (C=O) groups excluding carboxylic acids is 1. The first-order valence-electron chi connectivity index (χ1n) is 4.01. The van der Waals surface area contributed by atoms with Crippen molar-refractivity contribution >= 4 is 22.4 Å². The van der Waals surface area contributed by atoms with Crippen LogP contribution < -0.4 is 10.9 Å². The molecule has 0 radical (unpaired) electrons. The predicted molar refractivity (Wildman–Crippen MR) is 54.9 cm³/mol. The van der Waals surface area contributed by atoms with Crippen molar-refractivity contribution in [2.75, 3.05) is 5.32 Å². The minimum atomic E-state index is -0.402. The number of hydrogen-bond donors (Lipinski definition) is 2. The molecule has 0 atom stereocenters. The van der Waals surface area contributed by atoms with E-state index in [-0.39, 0.29) is 11.3 Å². The number of rotatable bonds is 2. The SMILES string of the molecule is O=C(Nc1nccs1)c1c[nH]c(=O)cn1. The number of carbonyl (C=O) groups is 1. The summed E-state index contributed by atoms with van der Waals surface area (Å²) in [6.07, 6.45) is 3.89. The van der Waals surface area contributed by atoms with Crippen molar-refractivity contribution in [3.05, 3.63) is 40.0 Å². The summed E-state index contributed by atoms with van der Waals surface area (Å²) in [5.41, 5.74) is -0.203. The van der Waals surface area contributed by atoms with Gasteiger partial charge in [0.05, 0.1) is 6.20 Å². The first-order valence-corrected chi connectivity index (χ1v) is 4.89. The monoisotopic (exact) mass is 222 g/mol.